The molecule has 0 amide bonds. The normalized spacial score (nSPS) is 12.1. The third-order valence-electron chi connectivity index (χ3n) is 3.05. The Morgan fingerprint density at radius 1 is 1.44 bits per heavy atom. The van der Waals surface area contributed by atoms with Crippen molar-refractivity contribution in [1.29, 1.82) is 0 Å². The standard InChI is InChI=1S/C16H22ClN/c1-4-6-7-11-15(18-12-5-2)14-10-8-9-13(3)16(14)17/h1,8-10,15,18H,5-7,11-12H2,2-3H3. The molecule has 1 unspecified atom stereocenters. The van der Waals surface area contributed by atoms with Crippen molar-refractivity contribution >= 4 is 11.6 Å². The maximum absolute atomic E-state index is 6.40. The van der Waals surface area contributed by atoms with Crippen LogP contribution in [0.4, 0.5) is 0 Å². The van der Waals surface area contributed by atoms with Crippen LogP contribution in [-0.4, -0.2) is 6.54 Å². The van der Waals surface area contributed by atoms with Gasteiger partial charge in [0.25, 0.3) is 0 Å². The van der Waals surface area contributed by atoms with Crippen molar-refractivity contribution in [2.45, 2.75) is 45.6 Å². The average molecular weight is 264 g/mol. The van der Waals surface area contributed by atoms with Gasteiger partial charge in [0.15, 0.2) is 0 Å². The number of halogens is 1. The molecule has 18 heavy (non-hydrogen) atoms. The molecular weight excluding hydrogens is 242 g/mol. The van der Waals surface area contributed by atoms with Crippen LogP contribution in [0.25, 0.3) is 0 Å². The number of terminal acetylenes is 1. The summed E-state index contributed by atoms with van der Waals surface area (Å²) in [5.41, 5.74) is 2.33. The highest BCUT2D eigenvalue weighted by molar-refractivity contribution is 6.32. The quantitative estimate of drug-likeness (QED) is 0.564. The first-order valence-electron chi connectivity index (χ1n) is 6.62. The Bertz CT molecular complexity index is 406. The van der Waals surface area contributed by atoms with E-state index in [1.807, 2.05) is 13.0 Å². The van der Waals surface area contributed by atoms with Gasteiger partial charge >= 0.3 is 0 Å². The Morgan fingerprint density at radius 3 is 2.89 bits per heavy atom. The number of unbranched alkanes of at least 4 members (excludes halogenated alkanes) is 1. The highest BCUT2D eigenvalue weighted by Crippen LogP contribution is 2.29. The van der Waals surface area contributed by atoms with Gasteiger partial charge in [0.2, 0.25) is 0 Å². The monoisotopic (exact) mass is 263 g/mol. The third-order valence-corrected chi connectivity index (χ3v) is 3.57. The van der Waals surface area contributed by atoms with Gasteiger partial charge in [-0.05, 0) is 43.9 Å². The van der Waals surface area contributed by atoms with Gasteiger partial charge in [-0.1, -0.05) is 36.7 Å². The van der Waals surface area contributed by atoms with E-state index < -0.39 is 0 Å². The molecule has 98 valence electrons. The lowest BCUT2D eigenvalue weighted by Gasteiger charge is -2.20. The molecule has 0 saturated heterocycles. The van der Waals surface area contributed by atoms with Gasteiger partial charge < -0.3 is 5.32 Å². The molecule has 0 heterocycles. The van der Waals surface area contributed by atoms with E-state index in [0.29, 0.717) is 6.04 Å². The van der Waals surface area contributed by atoms with Crippen LogP contribution in [0, 0.1) is 19.3 Å². The molecule has 0 aliphatic heterocycles. The fraction of sp³-hybridized carbons (Fsp3) is 0.500. The number of benzene rings is 1. The smallest absolute Gasteiger partial charge is 0.0482 e. The molecule has 0 bridgehead atoms. The number of nitrogens with one attached hydrogen (secondary N) is 1. The maximum Gasteiger partial charge on any atom is 0.0482 e. The number of rotatable bonds is 7. The van der Waals surface area contributed by atoms with E-state index in [4.69, 9.17) is 18.0 Å². The number of aryl methyl sites for hydroxylation is 1. The first kappa shape index (κ1) is 15.1. The molecular formula is C16H22ClN. The molecule has 0 aliphatic rings. The Morgan fingerprint density at radius 2 is 2.22 bits per heavy atom. The summed E-state index contributed by atoms with van der Waals surface area (Å²) < 4.78 is 0. The molecule has 1 aromatic carbocycles. The minimum absolute atomic E-state index is 0.311. The number of hydrogen-bond acceptors (Lipinski definition) is 1. The lowest BCUT2D eigenvalue weighted by molar-refractivity contribution is 0.487. The second-order valence-electron chi connectivity index (χ2n) is 4.58. The summed E-state index contributed by atoms with van der Waals surface area (Å²) in [5.74, 6) is 2.70. The molecule has 1 nitrogen and oxygen atoms in total. The zero-order valence-electron chi connectivity index (χ0n) is 11.3. The van der Waals surface area contributed by atoms with E-state index in [2.05, 4.69) is 30.3 Å². The fourth-order valence-electron chi connectivity index (χ4n) is 2.03. The molecule has 0 aromatic heterocycles. The van der Waals surface area contributed by atoms with Crippen LogP contribution in [0.15, 0.2) is 18.2 Å². The molecule has 1 N–H and O–H groups in total. The molecule has 0 spiro atoms. The predicted molar refractivity (Wildman–Crippen MR) is 79.9 cm³/mol. The predicted octanol–water partition coefficient (Wildman–Crippen LogP) is 4.49. The van der Waals surface area contributed by atoms with Crippen molar-refractivity contribution in [1.82, 2.24) is 5.32 Å². The van der Waals surface area contributed by atoms with Crippen molar-refractivity contribution in [2.75, 3.05) is 6.54 Å². The molecule has 1 atom stereocenters. The molecule has 2 heteroatoms. The maximum atomic E-state index is 6.40. The molecule has 0 fully saturated rings. The minimum Gasteiger partial charge on any atom is -0.310 e. The number of hydrogen-bond donors (Lipinski definition) is 1. The average Bonchev–Trinajstić information content (AvgIpc) is 2.37. The van der Waals surface area contributed by atoms with E-state index >= 15 is 0 Å². The first-order valence-corrected chi connectivity index (χ1v) is 7.00. The summed E-state index contributed by atoms with van der Waals surface area (Å²) in [7, 11) is 0. The Labute approximate surface area is 116 Å². The SMILES string of the molecule is C#CCCCC(NCCC)c1cccc(C)c1Cl. The largest absolute Gasteiger partial charge is 0.310 e. The van der Waals surface area contributed by atoms with Crippen LogP contribution in [0.3, 0.4) is 0 Å². The summed E-state index contributed by atoms with van der Waals surface area (Å²) in [6.45, 7) is 5.22. The van der Waals surface area contributed by atoms with E-state index in [1.165, 1.54) is 5.56 Å². The van der Waals surface area contributed by atoms with Crippen molar-refractivity contribution in [3.63, 3.8) is 0 Å². The van der Waals surface area contributed by atoms with Gasteiger partial charge in [0.05, 0.1) is 0 Å². The Hall–Kier alpha value is -0.970. The van der Waals surface area contributed by atoms with Gasteiger partial charge in [-0.15, -0.1) is 12.3 Å². The van der Waals surface area contributed by atoms with E-state index in [1.54, 1.807) is 0 Å². The van der Waals surface area contributed by atoms with Crippen LogP contribution in [-0.2, 0) is 0 Å². The second-order valence-corrected chi connectivity index (χ2v) is 4.96. The second kappa shape index (κ2) is 8.19. The van der Waals surface area contributed by atoms with Gasteiger partial charge in [-0.25, -0.2) is 0 Å². The highest BCUT2D eigenvalue weighted by atomic mass is 35.5. The van der Waals surface area contributed by atoms with E-state index in [9.17, 15) is 0 Å². The zero-order chi connectivity index (χ0) is 13.4. The van der Waals surface area contributed by atoms with Gasteiger partial charge in [-0.2, -0.15) is 0 Å². The Kier molecular flexibility index (Phi) is 6.86. The van der Waals surface area contributed by atoms with Crippen molar-refractivity contribution in [3.05, 3.63) is 34.3 Å². The lowest BCUT2D eigenvalue weighted by Crippen LogP contribution is -2.22. The molecule has 0 aliphatic carbocycles. The van der Waals surface area contributed by atoms with Crippen LogP contribution in [0.2, 0.25) is 5.02 Å². The first-order chi connectivity index (χ1) is 8.70. The van der Waals surface area contributed by atoms with Gasteiger partial charge in [-0.3, -0.25) is 0 Å². The van der Waals surface area contributed by atoms with Crippen LogP contribution < -0.4 is 5.32 Å². The molecule has 0 radical (unpaired) electrons. The highest BCUT2D eigenvalue weighted by Gasteiger charge is 2.14. The van der Waals surface area contributed by atoms with Crippen molar-refractivity contribution in [2.24, 2.45) is 0 Å². The summed E-state index contributed by atoms with van der Waals surface area (Å²) in [4.78, 5) is 0. The fourth-order valence-corrected chi connectivity index (χ4v) is 2.29. The summed E-state index contributed by atoms with van der Waals surface area (Å²) in [6.07, 6.45) is 9.32. The lowest BCUT2D eigenvalue weighted by atomic mass is 9.99. The summed E-state index contributed by atoms with van der Waals surface area (Å²) in [5, 5.41) is 4.44. The molecule has 1 aromatic rings. The van der Waals surface area contributed by atoms with Gasteiger partial charge in [0.1, 0.15) is 0 Å². The minimum atomic E-state index is 0.311. The van der Waals surface area contributed by atoms with Gasteiger partial charge in [0, 0.05) is 17.5 Å². The third kappa shape index (κ3) is 4.37. The van der Waals surface area contributed by atoms with Crippen molar-refractivity contribution in [3.8, 4) is 12.3 Å². The molecule has 1 rings (SSSR count). The van der Waals surface area contributed by atoms with Crippen molar-refractivity contribution < 1.29 is 0 Å². The summed E-state index contributed by atoms with van der Waals surface area (Å²) in [6, 6.07) is 6.53. The topological polar surface area (TPSA) is 12.0 Å². The van der Waals surface area contributed by atoms with Crippen LogP contribution >= 0.6 is 11.6 Å². The summed E-state index contributed by atoms with van der Waals surface area (Å²) >= 11 is 6.40. The van der Waals surface area contributed by atoms with Crippen LogP contribution in [0.1, 0.15) is 49.8 Å². The Balaban J connectivity index is 2.80. The molecule has 0 saturated carbocycles. The zero-order valence-corrected chi connectivity index (χ0v) is 12.1. The van der Waals surface area contributed by atoms with Crippen LogP contribution in [0.5, 0.6) is 0 Å². The van der Waals surface area contributed by atoms with E-state index in [-0.39, 0.29) is 0 Å². The van der Waals surface area contributed by atoms with E-state index in [0.717, 1.165) is 42.8 Å².